The summed E-state index contributed by atoms with van der Waals surface area (Å²) in [5.74, 6) is 1.43. The van der Waals surface area contributed by atoms with Crippen LogP contribution in [0, 0.1) is 0 Å². The Bertz CT molecular complexity index is 838. The lowest BCUT2D eigenvalue weighted by Gasteiger charge is -2.44. The number of Topliss-reactive ketones (excluding diaryl/α,β-unsaturated/α-hetero) is 1. The van der Waals surface area contributed by atoms with Crippen LogP contribution in [0.5, 0.6) is 11.5 Å². The van der Waals surface area contributed by atoms with Crippen LogP contribution in [-0.4, -0.2) is 48.2 Å². The molecular formula is C23H27NO4. The van der Waals surface area contributed by atoms with E-state index in [0.29, 0.717) is 5.56 Å². The first-order valence-electron chi connectivity index (χ1n) is 9.92. The van der Waals surface area contributed by atoms with Gasteiger partial charge in [-0.25, -0.2) is 0 Å². The van der Waals surface area contributed by atoms with E-state index in [0.717, 1.165) is 62.4 Å². The number of piperidine rings is 1. The van der Waals surface area contributed by atoms with Gasteiger partial charge in [-0.15, -0.1) is 0 Å². The smallest absolute Gasteiger partial charge is 0.188 e. The summed E-state index contributed by atoms with van der Waals surface area (Å²) in [7, 11) is 1.68. The predicted molar refractivity (Wildman–Crippen MR) is 107 cm³/mol. The lowest BCUT2D eigenvalue weighted by atomic mass is 9.82. The zero-order valence-corrected chi connectivity index (χ0v) is 16.3. The summed E-state index contributed by atoms with van der Waals surface area (Å²) in [6.45, 7) is 2.46. The predicted octanol–water partition coefficient (Wildman–Crippen LogP) is 3.23. The first-order chi connectivity index (χ1) is 13.6. The maximum absolute atomic E-state index is 11.8. The molecule has 148 valence electrons. The highest BCUT2D eigenvalue weighted by Gasteiger charge is 2.39. The zero-order valence-electron chi connectivity index (χ0n) is 16.3. The number of aliphatic hydroxyl groups is 1. The van der Waals surface area contributed by atoms with E-state index in [1.165, 1.54) is 5.56 Å². The number of aryl methyl sites for hydroxylation is 1. The van der Waals surface area contributed by atoms with Crippen molar-refractivity contribution in [2.24, 2.45) is 0 Å². The molecule has 0 saturated carbocycles. The molecule has 1 spiro atoms. The summed E-state index contributed by atoms with van der Waals surface area (Å²) in [4.78, 5) is 14.3. The number of carbonyl (C=O) groups excluding carboxylic acids is 1. The molecule has 4 rings (SSSR count). The fourth-order valence-electron chi connectivity index (χ4n) is 4.23. The lowest BCUT2D eigenvalue weighted by molar-refractivity contribution is -0.0164. The summed E-state index contributed by atoms with van der Waals surface area (Å²) in [5, 5.41) is 9.11. The molecular weight excluding hydrogens is 354 g/mol. The number of fused-ring (bicyclic) bond motifs is 1. The Hall–Kier alpha value is -2.37. The molecule has 2 aliphatic heterocycles. The van der Waals surface area contributed by atoms with Crippen molar-refractivity contribution in [3.8, 4) is 11.5 Å². The third-order valence-electron chi connectivity index (χ3n) is 6.04. The summed E-state index contributed by atoms with van der Waals surface area (Å²) in [6, 6.07) is 13.8. The van der Waals surface area contributed by atoms with E-state index in [1.807, 2.05) is 18.2 Å². The molecule has 5 heteroatoms. The minimum atomic E-state index is -0.468. The van der Waals surface area contributed by atoms with Gasteiger partial charge in [0.05, 0.1) is 7.11 Å². The van der Waals surface area contributed by atoms with Gasteiger partial charge in [-0.1, -0.05) is 24.3 Å². The minimum absolute atomic E-state index is 0.135. The molecule has 0 unspecified atom stereocenters. The average molecular weight is 381 g/mol. The molecule has 2 aliphatic rings. The first kappa shape index (κ1) is 19.0. The van der Waals surface area contributed by atoms with Crippen molar-refractivity contribution in [3.63, 3.8) is 0 Å². The number of hydrogen-bond donors (Lipinski definition) is 1. The van der Waals surface area contributed by atoms with Gasteiger partial charge in [0, 0.05) is 25.2 Å². The highest BCUT2D eigenvalue weighted by atomic mass is 16.5. The maximum Gasteiger partial charge on any atom is 0.188 e. The minimum Gasteiger partial charge on any atom is -0.497 e. The standard InChI is InChI=1S/C23H27NO4/c1-27-20-6-2-17(3-7-20)15-24-12-10-23(11-13-24)9-8-18-4-5-19(21(26)16-25)14-22(18)28-23/h2-7,14,25H,8-13,15-16H2,1H3. The van der Waals surface area contributed by atoms with Crippen LogP contribution >= 0.6 is 0 Å². The Kier molecular flexibility index (Phi) is 5.38. The van der Waals surface area contributed by atoms with Crippen LogP contribution in [0.15, 0.2) is 42.5 Å². The van der Waals surface area contributed by atoms with Crippen LogP contribution in [0.25, 0.3) is 0 Å². The number of methoxy groups -OCH3 is 1. The van der Waals surface area contributed by atoms with Crippen molar-refractivity contribution < 1.29 is 19.4 Å². The lowest BCUT2D eigenvalue weighted by Crippen LogP contribution is -2.49. The van der Waals surface area contributed by atoms with Gasteiger partial charge in [-0.05, 0) is 55.0 Å². The maximum atomic E-state index is 11.8. The Morgan fingerprint density at radius 1 is 1.14 bits per heavy atom. The van der Waals surface area contributed by atoms with E-state index in [9.17, 15) is 4.79 Å². The number of rotatable bonds is 5. The molecule has 0 aromatic heterocycles. The number of hydrogen-bond acceptors (Lipinski definition) is 5. The largest absolute Gasteiger partial charge is 0.497 e. The van der Waals surface area contributed by atoms with E-state index < -0.39 is 6.61 Å². The van der Waals surface area contributed by atoms with Gasteiger partial charge in [0.15, 0.2) is 5.78 Å². The van der Waals surface area contributed by atoms with E-state index in [1.54, 1.807) is 19.2 Å². The third kappa shape index (κ3) is 3.91. The molecule has 2 aromatic carbocycles. The molecule has 28 heavy (non-hydrogen) atoms. The summed E-state index contributed by atoms with van der Waals surface area (Å²) in [5.41, 5.74) is 2.83. The second kappa shape index (κ2) is 7.94. The Morgan fingerprint density at radius 2 is 1.89 bits per heavy atom. The fourth-order valence-corrected chi connectivity index (χ4v) is 4.23. The normalized spacial score (nSPS) is 18.4. The summed E-state index contributed by atoms with van der Waals surface area (Å²) < 4.78 is 11.7. The average Bonchev–Trinajstić information content (AvgIpc) is 2.75. The number of carbonyl (C=O) groups is 1. The highest BCUT2D eigenvalue weighted by Crippen LogP contribution is 2.40. The van der Waals surface area contributed by atoms with Crippen LogP contribution < -0.4 is 9.47 Å². The van der Waals surface area contributed by atoms with Crippen molar-refractivity contribution in [1.82, 2.24) is 4.90 Å². The molecule has 0 radical (unpaired) electrons. The van der Waals surface area contributed by atoms with Crippen molar-refractivity contribution in [3.05, 3.63) is 59.2 Å². The number of ketones is 1. The monoisotopic (exact) mass is 381 g/mol. The second-order valence-electron chi connectivity index (χ2n) is 7.81. The molecule has 1 fully saturated rings. The third-order valence-corrected chi connectivity index (χ3v) is 6.04. The SMILES string of the molecule is COc1ccc(CN2CCC3(CCc4ccc(C(=O)CO)cc4O3)CC2)cc1. The van der Waals surface area contributed by atoms with Crippen molar-refractivity contribution in [1.29, 1.82) is 0 Å². The van der Waals surface area contributed by atoms with Gasteiger partial charge in [-0.2, -0.15) is 0 Å². The molecule has 2 aromatic rings. The van der Waals surface area contributed by atoms with E-state index in [4.69, 9.17) is 14.6 Å². The zero-order chi connectivity index (χ0) is 19.6. The number of nitrogens with zero attached hydrogens (tertiary/aromatic N) is 1. The van der Waals surface area contributed by atoms with Gasteiger partial charge < -0.3 is 14.6 Å². The van der Waals surface area contributed by atoms with Crippen molar-refractivity contribution in [2.75, 3.05) is 26.8 Å². The van der Waals surface area contributed by atoms with Crippen LogP contribution in [0.3, 0.4) is 0 Å². The van der Waals surface area contributed by atoms with Crippen LogP contribution in [0.1, 0.15) is 40.7 Å². The number of aliphatic hydroxyl groups excluding tert-OH is 1. The van der Waals surface area contributed by atoms with Crippen LogP contribution in [0.4, 0.5) is 0 Å². The number of benzene rings is 2. The molecule has 2 heterocycles. The van der Waals surface area contributed by atoms with Gasteiger partial charge in [0.2, 0.25) is 0 Å². The van der Waals surface area contributed by atoms with Gasteiger partial charge in [0.25, 0.3) is 0 Å². The highest BCUT2D eigenvalue weighted by molar-refractivity contribution is 5.97. The van der Waals surface area contributed by atoms with E-state index in [2.05, 4.69) is 17.0 Å². The number of likely N-dealkylation sites (tertiary alicyclic amines) is 1. The van der Waals surface area contributed by atoms with Crippen LogP contribution in [-0.2, 0) is 13.0 Å². The Labute approximate surface area is 165 Å². The second-order valence-corrected chi connectivity index (χ2v) is 7.81. The Balaban J connectivity index is 1.39. The Morgan fingerprint density at radius 3 is 2.57 bits per heavy atom. The quantitative estimate of drug-likeness (QED) is 0.806. The van der Waals surface area contributed by atoms with Crippen molar-refractivity contribution in [2.45, 2.75) is 37.8 Å². The van der Waals surface area contributed by atoms with Gasteiger partial charge >= 0.3 is 0 Å². The molecule has 5 nitrogen and oxygen atoms in total. The summed E-state index contributed by atoms with van der Waals surface area (Å²) in [6.07, 6.45) is 3.96. The molecule has 1 saturated heterocycles. The number of ether oxygens (including phenoxy) is 2. The summed E-state index contributed by atoms with van der Waals surface area (Å²) >= 11 is 0. The van der Waals surface area contributed by atoms with E-state index >= 15 is 0 Å². The first-order valence-corrected chi connectivity index (χ1v) is 9.92. The van der Waals surface area contributed by atoms with Crippen molar-refractivity contribution >= 4 is 5.78 Å². The van der Waals surface area contributed by atoms with E-state index in [-0.39, 0.29) is 11.4 Å². The van der Waals surface area contributed by atoms with Gasteiger partial charge in [-0.3, -0.25) is 9.69 Å². The molecule has 1 N–H and O–H groups in total. The molecule has 0 bridgehead atoms. The topological polar surface area (TPSA) is 59.0 Å². The van der Waals surface area contributed by atoms with Gasteiger partial charge in [0.1, 0.15) is 23.7 Å². The molecule has 0 aliphatic carbocycles. The molecule has 0 amide bonds. The van der Waals surface area contributed by atoms with Crippen LogP contribution in [0.2, 0.25) is 0 Å². The fraction of sp³-hybridized carbons (Fsp3) is 0.435. The molecule has 0 atom stereocenters.